The van der Waals surface area contributed by atoms with Gasteiger partial charge in [0.05, 0.1) is 40.1 Å². The predicted octanol–water partition coefficient (Wildman–Crippen LogP) is 9.01. The van der Waals surface area contributed by atoms with E-state index in [1.54, 1.807) is 0 Å². The quantitative estimate of drug-likeness (QED) is 0.163. The van der Waals surface area contributed by atoms with Crippen LogP contribution < -0.4 is 4.90 Å². The standard InChI is InChI=1S/C47H56N8O3/c1-28(2)45(56)54-39-15-9-7-13-32(39)24-41(54)43-48-35-19-17-30(23-37(35)50-43)27-52-21-22-53(47(52)58)34-18-20-36-38(26-34)51-44(49-36)42-25-33-14-8-10-16-40(33)55(42)46(57)29(3)31-11-5-4-6-12-31/h4-6,11-12,17-20,23,26,28-29,32-33,39-42H,7-10,13-16,21-22,24-25,27H2,1-3H3,(H,48,50)(H,49,51). The van der Waals surface area contributed by atoms with Crippen LogP contribution in [0.15, 0.2) is 66.7 Å². The van der Waals surface area contributed by atoms with E-state index in [2.05, 4.69) is 44.0 Å². The van der Waals surface area contributed by atoms with Crippen molar-refractivity contribution in [1.82, 2.24) is 34.6 Å². The van der Waals surface area contributed by atoms with Gasteiger partial charge in [0.2, 0.25) is 11.8 Å². The van der Waals surface area contributed by atoms with Gasteiger partial charge in [0.1, 0.15) is 11.6 Å². The minimum absolute atomic E-state index is 0.0209. The zero-order chi connectivity index (χ0) is 39.7. The van der Waals surface area contributed by atoms with E-state index in [1.165, 1.54) is 25.7 Å². The fraction of sp³-hybridized carbons (Fsp3) is 0.511. The molecule has 2 aromatic heterocycles. The Morgan fingerprint density at radius 1 is 0.707 bits per heavy atom. The van der Waals surface area contributed by atoms with Crippen LogP contribution in [0.3, 0.4) is 0 Å². The monoisotopic (exact) mass is 780 g/mol. The van der Waals surface area contributed by atoms with Crippen LogP contribution in [0.25, 0.3) is 22.1 Å². The Bertz CT molecular complexity index is 2350. The van der Waals surface area contributed by atoms with Gasteiger partial charge in [-0.2, -0.15) is 0 Å². The minimum Gasteiger partial charge on any atom is -0.340 e. The first-order valence-electron chi connectivity index (χ1n) is 22.0. The van der Waals surface area contributed by atoms with Gasteiger partial charge in [-0.3, -0.25) is 14.5 Å². The number of aromatic nitrogens is 4. The molecule has 7 atom stereocenters. The molecular weight excluding hydrogens is 725 g/mol. The Kier molecular flexibility index (Phi) is 9.52. The van der Waals surface area contributed by atoms with Gasteiger partial charge in [0.15, 0.2) is 0 Å². The Morgan fingerprint density at radius 3 is 1.93 bits per heavy atom. The van der Waals surface area contributed by atoms with Crippen molar-refractivity contribution in [2.45, 2.75) is 122 Å². The summed E-state index contributed by atoms with van der Waals surface area (Å²) in [5.74, 6) is 2.88. The van der Waals surface area contributed by atoms with Crippen LogP contribution in [0.5, 0.6) is 0 Å². The average molecular weight is 781 g/mol. The van der Waals surface area contributed by atoms with Gasteiger partial charge in [0.25, 0.3) is 0 Å². The van der Waals surface area contributed by atoms with Crippen molar-refractivity contribution in [1.29, 1.82) is 0 Å². The Labute approximate surface area is 340 Å². The molecule has 11 heteroatoms. The molecule has 2 saturated carbocycles. The van der Waals surface area contributed by atoms with Crippen molar-refractivity contribution >= 4 is 45.6 Å². The number of imidazole rings is 2. The van der Waals surface area contributed by atoms with Gasteiger partial charge >= 0.3 is 6.03 Å². The molecule has 0 spiro atoms. The maximum Gasteiger partial charge on any atom is 0.324 e. The number of anilines is 1. The normalized spacial score (nSPS) is 26.6. The van der Waals surface area contributed by atoms with E-state index in [1.807, 2.05) is 73.0 Å². The summed E-state index contributed by atoms with van der Waals surface area (Å²) in [5.41, 5.74) is 6.49. The molecule has 5 heterocycles. The molecule has 10 rings (SSSR count). The number of carbonyl (C=O) groups is 3. The lowest BCUT2D eigenvalue weighted by atomic mass is 9.84. The second-order valence-electron chi connectivity index (χ2n) is 18.2. The number of hydrogen-bond acceptors (Lipinski definition) is 5. The Balaban J connectivity index is 0.850. The fourth-order valence-electron chi connectivity index (χ4n) is 11.3. The van der Waals surface area contributed by atoms with Crippen LogP contribution in [-0.2, 0) is 16.1 Å². The van der Waals surface area contributed by atoms with E-state index >= 15 is 0 Å². The molecule has 11 nitrogen and oxygen atoms in total. The van der Waals surface area contributed by atoms with E-state index in [-0.39, 0.29) is 47.8 Å². The van der Waals surface area contributed by atoms with Crippen molar-refractivity contribution in [3.05, 3.63) is 89.5 Å². The lowest BCUT2D eigenvalue weighted by Gasteiger charge is -2.35. The number of fused-ring (bicyclic) bond motifs is 4. The predicted molar refractivity (Wildman–Crippen MR) is 225 cm³/mol. The lowest BCUT2D eigenvalue weighted by Crippen LogP contribution is -2.42. The molecule has 2 N–H and O–H groups in total. The number of urea groups is 1. The summed E-state index contributed by atoms with van der Waals surface area (Å²) in [4.78, 5) is 67.1. The maximum atomic E-state index is 14.3. The van der Waals surface area contributed by atoms with E-state index in [4.69, 9.17) is 9.97 Å². The minimum atomic E-state index is -0.225. The van der Waals surface area contributed by atoms with Gasteiger partial charge in [-0.1, -0.05) is 75.9 Å². The number of hydrogen-bond donors (Lipinski definition) is 2. The SMILES string of the molecule is CC(C)C(=O)N1C(c2nc3ccc(CN4CCN(c5ccc6nc(C7CC8CCCCC8N7C(=O)C(C)c7ccccc7)[nH]c6c5)C4=O)cc3[nH]2)CC2CCCCC21. The van der Waals surface area contributed by atoms with Crippen molar-refractivity contribution in [2.75, 3.05) is 18.0 Å². The second-order valence-corrected chi connectivity index (χ2v) is 18.2. The summed E-state index contributed by atoms with van der Waals surface area (Å²) in [6.45, 7) is 7.74. The third-order valence-corrected chi connectivity index (χ3v) is 14.3. The largest absolute Gasteiger partial charge is 0.340 e. The zero-order valence-corrected chi connectivity index (χ0v) is 34.1. The van der Waals surface area contributed by atoms with Crippen LogP contribution in [0.4, 0.5) is 10.5 Å². The summed E-state index contributed by atoms with van der Waals surface area (Å²) in [6, 6.07) is 22.8. The van der Waals surface area contributed by atoms with Crippen LogP contribution in [0.2, 0.25) is 0 Å². The number of nitrogens with one attached hydrogen (secondary N) is 2. The molecule has 5 fully saturated rings. The molecule has 2 aliphatic carbocycles. The van der Waals surface area contributed by atoms with Crippen molar-refractivity contribution in [2.24, 2.45) is 17.8 Å². The van der Waals surface area contributed by atoms with Gasteiger partial charge in [-0.15, -0.1) is 0 Å². The summed E-state index contributed by atoms with van der Waals surface area (Å²) in [6.07, 6.45) is 11.1. The molecule has 5 aromatic rings. The molecule has 0 radical (unpaired) electrons. The molecule has 3 aliphatic heterocycles. The van der Waals surface area contributed by atoms with E-state index in [0.29, 0.717) is 37.5 Å². The number of likely N-dealkylation sites (tertiary alicyclic amines) is 2. The van der Waals surface area contributed by atoms with Crippen LogP contribution in [0, 0.1) is 17.8 Å². The number of H-pyrrole nitrogens is 2. The third-order valence-electron chi connectivity index (χ3n) is 14.3. The van der Waals surface area contributed by atoms with Crippen LogP contribution in [-0.4, -0.2) is 77.7 Å². The van der Waals surface area contributed by atoms with Gasteiger partial charge < -0.3 is 24.7 Å². The van der Waals surface area contributed by atoms with E-state index < -0.39 is 0 Å². The summed E-state index contributed by atoms with van der Waals surface area (Å²) in [7, 11) is 0. The number of aromatic amines is 2. The Hall–Kier alpha value is -5.19. The van der Waals surface area contributed by atoms with Gasteiger partial charge in [-0.25, -0.2) is 14.8 Å². The van der Waals surface area contributed by atoms with E-state index in [0.717, 1.165) is 89.1 Å². The van der Waals surface area contributed by atoms with E-state index in [9.17, 15) is 14.4 Å². The molecule has 3 aromatic carbocycles. The number of rotatable bonds is 8. The molecule has 4 amide bonds. The number of carbonyl (C=O) groups excluding carboxylic acids is 3. The molecule has 302 valence electrons. The highest BCUT2D eigenvalue weighted by Gasteiger charge is 2.48. The highest BCUT2D eigenvalue weighted by molar-refractivity contribution is 5.96. The highest BCUT2D eigenvalue weighted by atomic mass is 16.2. The van der Waals surface area contributed by atoms with Crippen molar-refractivity contribution in [3.8, 4) is 0 Å². The third kappa shape index (κ3) is 6.45. The smallest absolute Gasteiger partial charge is 0.324 e. The molecule has 7 unspecified atom stereocenters. The van der Waals surface area contributed by atoms with Gasteiger partial charge in [0, 0.05) is 43.3 Å². The first-order chi connectivity index (χ1) is 28.2. The maximum absolute atomic E-state index is 14.3. The summed E-state index contributed by atoms with van der Waals surface area (Å²) >= 11 is 0. The average Bonchev–Trinajstić information content (AvgIpc) is 4.08. The molecular formula is C47H56N8O3. The molecule has 0 bridgehead atoms. The molecule has 3 saturated heterocycles. The Morgan fingerprint density at radius 2 is 1.29 bits per heavy atom. The topological polar surface area (TPSA) is 122 Å². The molecule has 58 heavy (non-hydrogen) atoms. The number of benzene rings is 3. The second kappa shape index (κ2) is 14.9. The van der Waals surface area contributed by atoms with Gasteiger partial charge in [-0.05, 0) is 98.7 Å². The zero-order valence-electron chi connectivity index (χ0n) is 34.1. The first-order valence-corrected chi connectivity index (χ1v) is 22.0. The highest BCUT2D eigenvalue weighted by Crippen LogP contribution is 2.48. The van der Waals surface area contributed by atoms with Crippen molar-refractivity contribution in [3.63, 3.8) is 0 Å². The van der Waals surface area contributed by atoms with Crippen LogP contribution >= 0.6 is 0 Å². The first kappa shape index (κ1) is 37.1. The van der Waals surface area contributed by atoms with Crippen molar-refractivity contribution < 1.29 is 14.4 Å². The fourth-order valence-corrected chi connectivity index (χ4v) is 11.3. The number of amides is 4. The molecule has 5 aliphatic rings. The lowest BCUT2D eigenvalue weighted by molar-refractivity contribution is -0.138. The summed E-state index contributed by atoms with van der Waals surface area (Å²) in [5, 5.41) is 0. The van der Waals surface area contributed by atoms with Crippen LogP contribution in [0.1, 0.15) is 126 Å². The summed E-state index contributed by atoms with van der Waals surface area (Å²) < 4.78 is 0. The number of nitrogens with zero attached hydrogens (tertiary/aromatic N) is 6.